The molecule has 0 saturated heterocycles. The second-order valence-electron chi connectivity index (χ2n) is 3.70. The number of rotatable bonds is 4. The maximum atomic E-state index is 5.77. The molecule has 17 heavy (non-hydrogen) atoms. The van der Waals surface area contributed by atoms with Gasteiger partial charge in [0.15, 0.2) is 0 Å². The van der Waals surface area contributed by atoms with E-state index in [9.17, 15) is 0 Å². The van der Waals surface area contributed by atoms with Crippen molar-refractivity contribution in [2.24, 2.45) is 0 Å². The van der Waals surface area contributed by atoms with E-state index in [4.69, 9.17) is 4.74 Å². The lowest BCUT2D eigenvalue weighted by Gasteiger charge is -2.08. The van der Waals surface area contributed by atoms with Gasteiger partial charge in [-0.2, -0.15) is 0 Å². The van der Waals surface area contributed by atoms with Crippen molar-refractivity contribution in [2.45, 2.75) is 13.5 Å². The van der Waals surface area contributed by atoms with Gasteiger partial charge in [0.25, 0.3) is 0 Å². The molecule has 88 valence electrons. The van der Waals surface area contributed by atoms with Gasteiger partial charge in [-0.15, -0.1) is 0 Å². The molecule has 0 unspecified atom stereocenters. The van der Waals surface area contributed by atoms with Crippen molar-refractivity contribution in [1.82, 2.24) is 15.3 Å². The Balaban J connectivity index is 2.18. The summed E-state index contributed by atoms with van der Waals surface area (Å²) in [7, 11) is 1.89. The number of nitrogens with zero attached hydrogens (tertiary/aromatic N) is 2. The molecular weight excluding hydrogens is 214 g/mol. The van der Waals surface area contributed by atoms with Gasteiger partial charge in [-0.25, -0.2) is 0 Å². The number of nitrogens with one attached hydrogen (secondary N) is 1. The Hall–Kier alpha value is -1.94. The molecule has 2 rings (SSSR count). The van der Waals surface area contributed by atoms with Crippen LogP contribution in [0.15, 0.2) is 36.7 Å². The SMILES string of the molecule is CNCc1cc(Oc2cccnc2C)ccn1. The van der Waals surface area contributed by atoms with Crippen LogP contribution in [0.25, 0.3) is 0 Å². The second-order valence-corrected chi connectivity index (χ2v) is 3.70. The van der Waals surface area contributed by atoms with Gasteiger partial charge in [0.1, 0.15) is 11.5 Å². The molecule has 0 spiro atoms. The first kappa shape index (κ1) is 11.5. The first-order valence-corrected chi connectivity index (χ1v) is 5.48. The lowest BCUT2D eigenvalue weighted by atomic mass is 10.3. The fourth-order valence-corrected chi connectivity index (χ4v) is 1.50. The van der Waals surface area contributed by atoms with Crippen molar-refractivity contribution >= 4 is 0 Å². The zero-order valence-electron chi connectivity index (χ0n) is 9.97. The molecular formula is C13H15N3O. The van der Waals surface area contributed by atoms with Crippen LogP contribution in [0.4, 0.5) is 0 Å². The zero-order valence-corrected chi connectivity index (χ0v) is 9.97. The average Bonchev–Trinajstić information content (AvgIpc) is 2.33. The topological polar surface area (TPSA) is 47.0 Å². The van der Waals surface area contributed by atoms with Crippen LogP contribution >= 0.6 is 0 Å². The van der Waals surface area contributed by atoms with Gasteiger partial charge in [-0.05, 0) is 32.2 Å². The highest BCUT2D eigenvalue weighted by Gasteiger charge is 2.02. The Morgan fingerprint density at radius 1 is 1.24 bits per heavy atom. The first-order chi connectivity index (χ1) is 8.29. The highest BCUT2D eigenvalue weighted by Crippen LogP contribution is 2.23. The molecule has 0 saturated carbocycles. The Morgan fingerprint density at radius 3 is 2.88 bits per heavy atom. The van der Waals surface area contributed by atoms with E-state index in [1.807, 2.05) is 38.2 Å². The first-order valence-electron chi connectivity index (χ1n) is 5.48. The molecule has 0 aliphatic heterocycles. The van der Waals surface area contributed by atoms with Crippen LogP contribution in [0, 0.1) is 6.92 Å². The van der Waals surface area contributed by atoms with Crippen molar-refractivity contribution in [3.05, 3.63) is 48.0 Å². The van der Waals surface area contributed by atoms with Crippen LogP contribution in [0.3, 0.4) is 0 Å². The fourth-order valence-electron chi connectivity index (χ4n) is 1.50. The Labute approximate surface area is 101 Å². The Bertz CT molecular complexity index is 500. The maximum Gasteiger partial charge on any atom is 0.148 e. The Morgan fingerprint density at radius 2 is 2.12 bits per heavy atom. The molecule has 4 heteroatoms. The summed E-state index contributed by atoms with van der Waals surface area (Å²) in [5, 5.41) is 3.06. The predicted molar refractivity (Wildman–Crippen MR) is 66.0 cm³/mol. The standard InChI is InChI=1S/C13H15N3O/c1-10-13(4-3-6-15-10)17-12-5-7-16-11(8-12)9-14-2/h3-8,14H,9H2,1-2H3. The van der Waals surface area contributed by atoms with Crippen molar-refractivity contribution in [3.63, 3.8) is 0 Å². The number of aromatic nitrogens is 2. The molecule has 2 heterocycles. The van der Waals surface area contributed by atoms with E-state index in [0.717, 1.165) is 29.4 Å². The molecule has 0 aromatic carbocycles. The van der Waals surface area contributed by atoms with Crippen LogP contribution in [0.5, 0.6) is 11.5 Å². The van der Waals surface area contributed by atoms with Crippen molar-refractivity contribution in [1.29, 1.82) is 0 Å². The van der Waals surface area contributed by atoms with E-state index in [1.54, 1.807) is 12.4 Å². The van der Waals surface area contributed by atoms with E-state index >= 15 is 0 Å². The zero-order chi connectivity index (χ0) is 12.1. The molecule has 2 aromatic rings. The molecule has 0 aliphatic rings. The van der Waals surface area contributed by atoms with Crippen LogP contribution in [-0.4, -0.2) is 17.0 Å². The summed E-state index contributed by atoms with van der Waals surface area (Å²) >= 11 is 0. The largest absolute Gasteiger partial charge is 0.455 e. The minimum absolute atomic E-state index is 0.725. The van der Waals surface area contributed by atoms with Crippen LogP contribution in [0.1, 0.15) is 11.4 Å². The van der Waals surface area contributed by atoms with Crippen LogP contribution < -0.4 is 10.1 Å². The lowest BCUT2D eigenvalue weighted by molar-refractivity contribution is 0.474. The summed E-state index contributed by atoms with van der Waals surface area (Å²) < 4.78 is 5.77. The van der Waals surface area contributed by atoms with Crippen LogP contribution in [0.2, 0.25) is 0 Å². The summed E-state index contributed by atoms with van der Waals surface area (Å²) in [5.74, 6) is 1.55. The molecule has 0 fully saturated rings. The quantitative estimate of drug-likeness (QED) is 0.873. The van der Waals surface area contributed by atoms with E-state index in [2.05, 4.69) is 15.3 Å². The van der Waals surface area contributed by atoms with Crippen molar-refractivity contribution in [2.75, 3.05) is 7.05 Å². The molecule has 0 amide bonds. The number of pyridine rings is 2. The number of ether oxygens (including phenoxy) is 1. The number of aryl methyl sites for hydroxylation is 1. The van der Waals surface area contributed by atoms with Crippen LogP contribution in [-0.2, 0) is 6.54 Å². The average molecular weight is 229 g/mol. The van der Waals surface area contributed by atoms with Gasteiger partial charge in [0.05, 0.1) is 11.4 Å². The summed E-state index contributed by atoms with van der Waals surface area (Å²) in [6.45, 7) is 2.65. The number of hydrogen-bond acceptors (Lipinski definition) is 4. The van der Waals surface area contributed by atoms with E-state index < -0.39 is 0 Å². The molecule has 2 aromatic heterocycles. The third-order valence-corrected chi connectivity index (χ3v) is 2.33. The van der Waals surface area contributed by atoms with E-state index in [1.165, 1.54) is 0 Å². The molecule has 4 nitrogen and oxygen atoms in total. The smallest absolute Gasteiger partial charge is 0.148 e. The predicted octanol–water partition coefficient (Wildman–Crippen LogP) is 2.30. The molecule has 0 atom stereocenters. The van der Waals surface area contributed by atoms with Crippen molar-refractivity contribution in [3.8, 4) is 11.5 Å². The third-order valence-electron chi connectivity index (χ3n) is 2.33. The minimum atomic E-state index is 0.725. The van der Waals surface area contributed by atoms with Gasteiger partial charge >= 0.3 is 0 Å². The van der Waals surface area contributed by atoms with Gasteiger partial charge < -0.3 is 10.1 Å². The van der Waals surface area contributed by atoms with Gasteiger partial charge in [0.2, 0.25) is 0 Å². The monoisotopic (exact) mass is 229 g/mol. The van der Waals surface area contributed by atoms with Gasteiger partial charge in [-0.3, -0.25) is 9.97 Å². The fraction of sp³-hybridized carbons (Fsp3) is 0.231. The Kier molecular flexibility index (Phi) is 3.67. The van der Waals surface area contributed by atoms with E-state index in [0.29, 0.717) is 0 Å². The summed E-state index contributed by atoms with van der Waals surface area (Å²) in [6.07, 6.45) is 3.49. The highest BCUT2D eigenvalue weighted by molar-refractivity contribution is 5.33. The molecule has 0 aliphatic carbocycles. The van der Waals surface area contributed by atoms with Gasteiger partial charge in [0, 0.05) is 25.0 Å². The second kappa shape index (κ2) is 5.41. The summed E-state index contributed by atoms with van der Waals surface area (Å²) in [5.41, 5.74) is 1.83. The molecule has 0 bridgehead atoms. The van der Waals surface area contributed by atoms with Gasteiger partial charge in [-0.1, -0.05) is 0 Å². The molecule has 0 radical (unpaired) electrons. The van der Waals surface area contributed by atoms with Crippen molar-refractivity contribution < 1.29 is 4.74 Å². The number of hydrogen-bond donors (Lipinski definition) is 1. The lowest BCUT2D eigenvalue weighted by Crippen LogP contribution is -2.06. The summed E-state index contributed by atoms with van der Waals surface area (Å²) in [6, 6.07) is 7.52. The third kappa shape index (κ3) is 3.01. The molecule has 1 N–H and O–H groups in total. The normalized spacial score (nSPS) is 10.2. The summed E-state index contributed by atoms with van der Waals surface area (Å²) in [4.78, 5) is 8.42. The minimum Gasteiger partial charge on any atom is -0.455 e. The maximum absolute atomic E-state index is 5.77. The van der Waals surface area contributed by atoms with E-state index in [-0.39, 0.29) is 0 Å². The highest BCUT2D eigenvalue weighted by atomic mass is 16.5.